The van der Waals surface area contributed by atoms with Crippen molar-refractivity contribution in [1.29, 1.82) is 0 Å². The number of aromatic amines is 1. The summed E-state index contributed by atoms with van der Waals surface area (Å²) in [5, 5.41) is 11.3. The number of aromatic nitrogens is 1. The number of ether oxygens (including phenoxy) is 1. The smallest absolute Gasteiger partial charge is 0.405 e. The summed E-state index contributed by atoms with van der Waals surface area (Å²) < 4.78 is 47.8. The van der Waals surface area contributed by atoms with Gasteiger partial charge in [-0.3, -0.25) is 10.1 Å². The Balaban J connectivity index is 1.60. The first-order valence-electron chi connectivity index (χ1n) is 10.7. The minimum absolute atomic E-state index is 0.101. The van der Waals surface area contributed by atoms with Gasteiger partial charge in [-0.15, -0.1) is 0 Å². The number of non-ortho nitro benzene ring substituents is 1. The van der Waals surface area contributed by atoms with E-state index >= 15 is 0 Å². The Morgan fingerprint density at radius 2 is 1.69 bits per heavy atom. The van der Waals surface area contributed by atoms with Crippen molar-refractivity contribution in [1.82, 2.24) is 4.98 Å². The number of primary amides is 1. The maximum absolute atomic E-state index is 14.6. The lowest BCUT2D eigenvalue weighted by molar-refractivity contribution is -0.384. The number of nitrogens with zero attached hydrogens (tertiary/aromatic N) is 1. The van der Waals surface area contributed by atoms with E-state index < -0.39 is 34.1 Å². The van der Waals surface area contributed by atoms with Crippen LogP contribution >= 0.6 is 0 Å². The molecule has 3 aromatic carbocycles. The molecule has 5 rings (SSSR count). The maximum atomic E-state index is 14.6. The van der Waals surface area contributed by atoms with Crippen LogP contribution in [0.3, 0.4) is 0 Å². The highest BCUT2D eigenvalue weighted by Gasteiger charge is 2.51. The number of nitrogens with one attached hydrogen (secondary N) is 1. The quantitative estimate of drug-likeness (QED) is 0.268. The van der Waals surface area contributed by atoms with Gasteiger partial charge in [-0.25, -0.2) is 18.0 Å². The monoisotopic (exact) mass is 481 g/mol. The van der Waals surface area contributed by atoms with Gasteiger partial charge in [0.15, 0.2) is 0 Å². The van der Waals surface area contributed by atoms with Crippen LogP contribution in [0.15, 0.2) is 60.7 Å². The van der Waals surface area contributed by atoms with Crippen LogP contribution in [0, 0.1) is 27.6 Å². The maximum Gasteiger partial charge on any atom is 0.405 e. The van der Waals surface area contributed by atoms with Crippen molar-refractivity contribution in [3.63, 3.8) is 0 Å². The summed E-state index contributed by atoms with van der Waals surface area (Å²) in [6.45, 7) is 0. The number of benzene rings is 3. The number of halogens is 3. The summed E-state index contributed by atoms with van der Waals surface area (Å²) in [7, 11) is 0. The van der Waals surface area contributed by atoms with Crippen LogP contribution in [0.2, 0.25) is 0 Å². The van der Waals surface area contributed by atoms with Crippen LogP contribution < -0.4 is 5.73 Å². The molecule has 1 aromatic heterocycles. The van der Waals surface area contributed by atoms with E-state index in [1.807, 2.05) is 0 Å². The molecule has 178 valence electrons. The molecule has 1 aliphatic rings. The van der Waals surface area contributed by atoms with Gasteiger partial charge in [0.1, 0.15) is 23.1 Å². The molecule has 1 amide bonds. The molecule has 1 fully saturated rings. The number of hydrogen-bond acceptors (Lipinski definition) is 4. The normalized spacial score (nSPS) is 19.3. The van der Waals surface area contributed by atoms with E-state index in [0.717, 1.165) is 6.07 Å². The van der Waals surface area contributed by atoms with Gasteiger partial charge in [0.2, 0.25) is 0 Å². The molecule has 1 heterocycles. The second-order valence-corrected chi connectivity index (χ2v) is 8.56. The molecule has 0 radical (unpaired) electrons. The lowest BCUT2D eigenvalue weighted by Crippen LogP contribution is -2.45. The third-order valence-corrected chi connectivity index (χ3v) is 6.46. The molecule has 1 saturated carbocycles. The van der Waals surface area contributed by atoms with Crippen molar-refractivity contribution >= 4 is 22.7 Å². The number of H-pyrrole nitrogens is 1. The predicted molar refractivity (Wildman–Crippen MR) is 121 cm³/mol. The minimum atomic E-state index is -1.17. The molecule has 1 aliphatic carbocycles. The zero-order chi connectivity index (χ0) is 24.9. The third kappa shape index (κ3) is 3.86. The number of carbonyl (C=O) groups is 1. The van der Waals surface area contributed by atoms with E-state index in [-0.39, 0.29) is 30.0 Å². The molecule has 35 heavy (non-hydrogen) atoms. The highest BCUT2D eigenvalue weighted by Crippen LogP contribution is 2.56. The summed E-state index contributed by atoms with van der Waals surface area (Å²) in [6, 6.07) is 13.2. The second kappa shape index (κ2) is 8.15. The Morgan fingerprint density at radius 3 is 2.29 bits per heavy atom. The van der Waals surface area contributed by atoms with Gasteiger partial charge in [-0.1, -0.05) is 0 Å². The largest absolute Gasteiger partial charge is 0.438 e. The number of nitro groups is 1. The molecular formula is C25H18F3N3O4. The zero-order valence-electron chi connectivity index (χ0n) is 18.1. The van der Waals surface area contributed by atoms with Crippen LogP contribution in [0.5, 0.6) is 0 Å². The van der Waals surface area contributed by atoms with Crippen molar-refractivity contribution in [2.24, 2.45) is 5.73 Å². The van der Waals surface area contributed by atoms with Crippen LogP contribution in [0.25, 0.3) is 22.2 Å². The van der Waals surface area contributed by atoms with E-state index in [4.69, 9.17) is 10.5 Å². The molecule has 3 N–H and O–H groups in total. The van der Waals surface area contributed by atoms with Gasteiger partial charge in [0.05, 0.1) is 16.1 Å². The van der Waals surface area contributed by atoms with Gasteiger partial charge < -0.3 is 15.5 Å². The van der Waals surface area contributed by atoms with E-state index in [1.54, 1.807) is 0 Å². The zero-order valence-corrected chi connectivity index (χ0v) is 18.1. The van der Waals surface area contributed by atoms with E-state index in [0.29, 0.717) is 27.8 Å². The Bertz CT molecular complexity index is 1460. The summed E-state index contributed by atoms with van der Waals surface area (Å²) >= 11 is 0. The van der Waals surface area contributed by atoms with Gasteiger partial charge >= 0.3 is 6.09 Å². The van der Waals surface area contributed by atoms with Crippen molar-refractivity contribution < 1.29 is 27.6 Å². The van der Waals surface area contributed by atoms with Crippen molar-refractivity contribution in [3.05, 3.63) is 99.4 Å². The Hall–Kier alpha value is -4.34. The SMILES string of the molecule is NC(=O)OC1(c2ccc([N+](=O)[O-])cc2)CC(c2c(-c3ccc(F)cc3)[nH]c3c(F)cc(F)cc23)C1. The first-order chi connectivity index (χ1) is 16.7. The van der Waals surface area contributed by atoms with Crippen LogP contribution in [0.1, 0.15) is 29.9 Å². The fraction of sp³-hybridized carbons (Fsp3) is 0.160. The highest BCUT2D eigenvalue weighted by molar-refractivity contribution is 5.92. The number of carbonyl (C=O) groups excluding carboxylic acids is 1. The number of hydrogen-bond donors (Lipinski definition) is 2. The first-order valence-corrected chi connectivity index (χ1v) is 10.7. The fourth-order valence-electron chi connectivity index (χ4n) is 4.91. The fourth-order valence-corrected chi connectivity index (χ4v) is 4.91. The van der Waals surface area contributed by atoms with Gasteiger partial charge in [0, 0.05) is 23.6 Å². The lowest BCUT2D eigenvalue weighted by atomic mass is 9.64. The highest BCUT2D eigenvalue weighted by atomic mass is 19.1. The third-order valence-electron chi connectivity index (χ3n) is 6.46. The number of fused-ring (bicyclic) bond motifs is 1. The van der Waals surface area contributed by atoms with E-state index in [1.165, 1.54) is 54.6 Å². The average molecular weight is 481 g/mol. The number of nitro benzene ring substituents is 1. The Labute approximate surface area is 196 Å². The molecule has 0 bridgehead atoms. The van der Waals surface area contributed by atoms with Crippen LogP contribution in [0.4, 0.5) is 23.7 Å². The van der Waals surface area contributed by atoms with Crippen LogP contribution in [-0.2, 0) is 10.3 Å². The van der Waals surface area contributed by atoms with Gasteiger partial charge in [-0.05, 0) is 77.9 Å². The van der Waals surface area contributed by atoms with Gasteiger partial charge in [-0.2, -0.15) is 0 Å². The molecule has 0 atom stereocenters. The number of rotatable bonds is 5. The first kappa shape index (κ1) is 22.5. The average Bonchev–Trinajstić information content (AvgIpc) is 3.15. The molecule has 0 saturated heterocycles. The van der Waals surface area contributed by atoms with Crippen molar-refractivity contribution in [2.45, 2.75) is 24.4 Å². The topological polar surface area (TPSA) is 111 Å². The number of amides is 1. The minimum Gasteiger partial charge on any atom is -0.438 e. The molecule has 0 spiro atoms. The number of nitrogens with two attached hydrogens (primary N) is 1. The molecular weight excluding hydrogens is 463 g/mol. The van der Waals surface area contributed by atoms with E-state index in [2.05, 4.69) is 4.98 Å². The second-order valence-electron chi connectivity index (χ2n) is 8.56. The Kier molecular flexibility index (Phi) is 5.23. The molecule has 4 aromatic rings. The molecule has 0 unspecified atom stereocenters. The molecule has 7 nitrogen and oxygen atoms in total. The summed E-state index contributed by atoms with van der Waals surface area (Å²) in [5.41, 5.74) is 6.30. The summed E-state index contributed by atoms with van der Waals surface area (Å²) in [6.07, 6.45) is -0.586. The molecule has 10 heteroatoms. The van der Waals surface area contributed by atoms with E-state index in [9.17, 15) is 28.1 Å². The predicted octanol–water partition coefficient (Wildman–Crippen LogP) is 6.03. The summed E-state index contributed by atoms with van der Waals surface area (Å²) in [4.78, 5) is 25.2. The lowest BCUT2D eigenvalue weighted by Gasteiger charge is -2.47. The summed E-state index contributed by atoms with van der Waals surface area (Å²) in [5.74, 6) is -2.29. The van der Waals surface area contributed by atoms with Crippen molar-refractivity contribution in [2.75, 3.05) is 0 Å². The molecule has 0 aliphatic heterocycles. The standard InChI is InChI=1S/C25H18F3N3O4/c26-16-5-1-13(2-6-16)22-21(19-9-17(27)10-20(28)23(19)30-22)14-11-25(12-14,35-24(29)32)15-3-7-18(8-4-15)31(33)34/h1-10,14,30H,11-12H2,(H2,29,32). The van der Waals surface area contributed by atoms with Crippen LogP contribution in [-0.4, -0.2) is 16.0 Å². The Morgan fingerprint density at radius 1 is 1.03 bits per heavy atom. The van der Waals surface area contributed by atoms with Gasteiger partial charge in [0.25, 0.3) is 5.69 Å². The van der Waals surface area contributed by atoms with Crippen molar-refractivity contribution in [3.8, 4) is 11.3 Å².